The van der Waals surface area contributed by atoms with Crippen molar-refractivity contribution in [2.45, 2.75) is 34.2 Å². The number of ether oxygens (including phenoxy) is 1. The van der Waals surface area contributed by atoms with E-state index in [1.165, 1.54) is 18.7 Å². The Morgan fingerprint density at radius 1 is 1.10 bits per heavy atom. The number of fused-ring (bicyclic) bond motifs is 3. The summed E-state index contributed by atoms with van der Waals surface area (Å²) in [6, 6.07) is 6.02. The highest BCUT2D eigenvalue weighted by Crippen LogP contribution is 2.27. The number of carbonyl (C=O) groups excluding carboxylic acids is 1. The molecular weight excluding hydrogens is 386 g/mol. The molecule has 3 heterocycles. The van der Waals surface area contributed by atoms with Crippen LogP contribution in [0.25, 0.3) is 22.6 Å². The van der Waals surface area contributed by atoms with Crippen LogP contribution in [0.1, 0.15) is 22.5 Å². The molecule has 0 amide bonds. The van der Waals surface area contributed by atoms with Gasteiger partial charge in [-0.25, -0.2) is 9.36 Å². The van der Waals surface area contributed by atoms with Crippen LogP contribution in [0.3, 0.4) is 0 Å². The second kappa shape index (κ2) is 6.72. The third kappa shape index (κ3) is 2.54. The summed E-state index contributed by atoms with van der Waals surface area (Å²) < 4.78 is 10.6. The molecule has 4 aromatic rings. The molecule has 4 rings (SSSR count). The van der Waals surface area contributed by atoms with Crippen LogP contribution < -0.4 is 11.2 Å². The van der Waals surface area contributed by atoms with Gasteiger partial charge in [0.25, 0.3) is 5.56 Å². The maximum absolute atomic E-state index is 13.2. The first-order valence-corrected chi connectivity index (χ1v) is 9.52. The Balaban J connectivity index is 2.17. The minimum absolute atomic E-state index is 0.251. The van der Waals surface area contributed by atoms with E-state index in [0.29, 0.717) is 5.78 Å². The number of nitrogens with zero attached hydrogens (tertiary/aromatic N) is 5. The van der Waals surface area contributed by atoms with Gasteiger partial charge in [0, 0.05) is 18.4 Å². The molecule has 30 heavy (non-hydrogen) atoms. The van der Waals surface area contributed by atoms with Gasteiger partial charge >= 0.3 is 11.7 Å². The molecule has 156 valence electrons. The topological polar surface area (TPSA) is 92.5 Å². The maximum atomic E-state index is 13.2. The highest BCUT2D eigenvalue weighted by molar-refractivity contribution is 5.78. The lowest BCUT2D eigenvalue weighted by Gasteiger charge is -2.12. The van der Waals surface area contributed by atoms with Crippen LogP contribution in [0.2, 0.25) is 0 Å². The molecule has 0 saturated heterocycles. The summed E-state index contributed by atoms with van der Waals surface area (Å²) in [6.45, 7) is 7.49. The Labute approximate surface area is 171 Å². The number of benzene rings is 1. The first kappa shape index (κ1) is 19.7. The smallest absolute Gasteiger partial charge is 0.333 e. The van der Waals surface area contributed by atoms with E-state index in [9.17, 15) is 14.4 Å². The van der Waals surface area contributed by atoms with Crippen molar-refractivity contribution in [1.29, 1.82) is 0 Å². The van der Waals surface area contributed by atoms with Crippen molar-refractivity contribution in [3.05, 3.63) is 61.6 Å². The molecule has 0 fully saturated rings. The molecule has 9 nitrogen and oxygen atoms in total. The Kier molecular flexibility index (Phi) is 4.41. The number of imidazole rings is 2. The predicted octanol–water partition coefficient (Wildman–Crippen LogP) is 1.55. The summed E-state index contributed by atoms with van der Waals surface area (Å²) in [5.41, 5.74) is 4.28. The van der Waals surface area contributed by atoms with E-state index >= 15 is 0 Å². The third-order valence-corrected chi connectivity index (χ3v) is 5.85. The number of rotatable bonds is 3. The first-order chi connectivity index (χ1) is 14.2. The van der Waals surface area contributed by atoms with Gasteiger partial charge in [0.2, 0.25) is 5.78 Å². The molecule has 0 aliphatic rings. The molecule has 0 saturated carbocycles. The number of methoxy groups -OCH3 is 1. The molecular formula is C21H23N5O4. The van der Waals surface area contributed by atoms with E-state index in [-0.39, 0.29) is 11.2 Å². The van der Waals surface area contributed by atoms with Gasteiger partial charge < -0.3 is 4.74 Å². The zero-order valence-corrected chi connectivity index (χ0v) is 17.8. The average molecular weight is 409 g/mol. The molecule has 0 radical (unpaired) electrons. The number of aryl methyl sites for hydroxylation is 3. The molecule has 0 unspecified atom stereocenters. The molecule has 0 aliphatic carbocycles. The number of hydrogen-bond acceptors (Lipinski definition) is 5. The van der Waals surface area contributed by atoms with E-state index in [0.717, 1.165) is 32.8 Å². The van der Waals surface area contributed by atoms with Gasteiger partial charge in [0.15, 0.2) is 11.2 Å². The third-order valence-electron chi connectivity index (χ3n) is 5.85. The lowest BCUT2D eigenvalue weighted by molar-refractivity contribution is -0.141. The SMILES string of the molecule is COC(=O)Cn1c(=O)c2c(nc3n(-c4cccc(C)c4C)c(C)c(C)n23)n(C)c1=O. The summed E-state index contributed by atoms with van der Waals surface area (Å²) in [4.78, 5) is 42.4. The van der Waals surface area contributed by atoms with Crippen molar-refractivity contribution in [1.82, 2.24) is 23.1 Å². The highest BCUT2D eigenvalue weighted by atomic mass is 16.5. The molecule has 3 aromatic heterocycles. The van der Waals surface area contributed by atoms with Crippen LogP contribution >= 0.6 is 0 Å². The van der Waals surface area contributed by atoms with Crippen molar-refractivity contribution in [2.75, 3.05) is 7.11 Å². The summed E-state index contributed by atoms with van der Waals surface area (Å²) in [5, 5.41) is 0. The molecule has 0 spiro atoms. The Bertz CT molecular complexity index is 1470. The normalized spacial score (nSPS) is 11.5. The van der Waals surface area contributed by atoms with E-state index in [1.54, 1.807) is 4.40 Å². The van der Waals surface area contributed by atoms with Crippen molar-refractivity contribution in [3.63, 3.8) is 0 Å². The van der Waals surface area contributed by atoms with Crippen molar-refractivity contribution in [2.24, 2.45) is 7.05 Å². The van der Waals surface area contributed by atoms with E-state index < -0.39 is 23.8 Å². The fraction of sp³-hybridized carbons (Fsp3) is 0.333. The molecule has 9 heteroatoms. The standard InChI is InChI=1S/C21H23N5O4/c1-11-8-7-9-15(12(11)2)25-13(3)14(4)26-17-18(22-20(25)26)23(5)21(29)24(19(17)28)10-16(27)30-6/h7-9H,10H2,1-6H3. The summed E-state index contributed by atoms with van der Waals surface area (Å²) in [6.07, 6.45) is 0. The monoisotopic (exact) mass is 409 g/mol. The van der Waals surface area contributed by atoms with Crippen molar-refractivity contribution >= 4 is 22.9 Å². The Hall–Kier alpha value is -3.62. The van der Waals surface area contributed by atoms with E-state index in [2.05, 4.69) is 9.72 Å². The van der Waals surface area contributed by atoms with Gasteiger partial charge in [-0.2, -0.15) is 4.98 Å². The van der Waals surface area contributed by atoms with Gasteiger partial charge in [0.1, 0.15) is 6.54 Å². The quantitative estimate of drug-likeness (QED) is 0.479. The number of carbonyl (C=O) groups is 1. The predicted molar refractivity (Wildman–Crippen MR) is 112 cm³/mol. The summed E-state index contributed by atoms with van der Waals surface area (Å²) in [7, 11) is 2.75. The van der Waals surface area contributed by atoms with E-state index in [1.807, 2.05) is 50.5 Å². The second-order valence-corrected chi connectivity index (χ2v) is 7.45. The van der Waals surface area contributed by atoms with Gasteiger partial charge in [0.05, 0.1) is 12.8 Å². The summed E-state index contributed by atoms with van der Waals surface area (Å²) >= 11 is 0. The molecule has 0 aliphatic heterocycles. The molecule has 1 aromatic carbocycles. The van der Waals surface area contributed by atoms with Crippen molar-refractivity contribution in [3.8, 4) is 5.69 Å². The van der Waals surface area contributed by atoms with Crippen LogP contribution in [-0.4, -0.2) is 36.2 Å². The van der Waals surface area contributed by atoms with Gasteiger partial charge in [-0.05, 0) is 44.9 Å². The average Bonchev–Trinajstić information content (AvgIpc) is 3.22. The van der Waals surface area contributed by atoms with Gasteiger partial charge in [-0.3, -0.25) is 23.1 Å². The van der Waals surface area contributed by atoms with Crippen LogP contribution in [-0.2, 0) is 23.1 Å². The van der Waals surface area contributed by atoms with Crippen LogP contribution in [0.15, 0.2) is 27.8 Å². The first-order valence-electron chi connectivity index (χ1n) is 9.52. The molecule has 0 bridgehead atoms. The van der Waals surface area contributed by atoms with Crippen LogP contribution in [0.4, 0.5) is 0 Å². The number of aromatic nitrogens is 5. The maximum Gasteiger partial charge on any atom is 0.333 e. The fourth-order valence-corrected chi connectivity index (χ4v) is 3.85. The lowest BCUT2D eigenvalue weighted by atomic mass is 10.1. The number of hydrogen-bond donors (Lipinski definition) is 0. The van der Waals surface area contributed by atoms with Gasteiger partial charge in [-0.1, -0.05) is 12.1 Å². The summed E-state index contributed by atoms with van der Waals surface area (Å²) in [5.74, 6) is -0.133. The number of esters is 1. The van der Waals surface area contributed by atoms with Crippen LogP contribution in [0.5, 0.6) is 0 Å². The fourth-order valence-electron chi connectivity index (χ4n) is 3.85. The Morgan fingerprint density at radius 3 is 2.47 bits per heavy atom. The van der Waals surface area contributed by atoms with Gasteiger partial charge in [-0.15, -0.1) is 0 Å². The van der Waals surface area contributed by atoms with Crippen molar-refractivity contribution < 1.29 is 9.53 Å². The second-order valence-electron chi connectivity index (χ2n) is 7.45. The zero-order chi connectivity index (χ0) is 21.9. The van der Waals surface area contributed by atoms with Crippen LogP contribution in [0, 0.1) is 27.7 Å². The molecule has 0 atom stereocenters. The minimum Gasteiger partial charge on any atom is -0.468 e. The minimum atomic E-state index is -0.671. The zero-order valence-electron chi connectivity index (χ0n) is 17.8. The van der Waals surface area contributed by atoms with E-state index in [4.69, 9.17) is 0 Å². The Morgan fingerprint density at radius 2 is 1.80 bits per heavy atom. The molecule has 0 N–H and O–H groups in total. The largest absolute Gasteiger partial charge is 0.468 e. The highest BCUT2D eigenvalue weighted by Gasteiger charge is 2.24. The lowest BCUT2D eigenvalue weighted by Crippen LogP contribution is -2.41.